The van der Waals surface area contributed by atoms with Crippen LogP contribution in [0.5, 0.6) is 0 Å². The zero-order valence-electron chi connectivity index (χ0n) is 11.8. The van der Waals surface area contributed by atoms with Gasteiger partial charge in [-0.3, -0.25) is 9.59 Å². The topological polar surface area (TPSA) is 113 Å². The minimum Gasteiger partial charge on any atom is -0.481 e. The van der Waals surface area contributed by atoms with Crippen molar-refractivity contribution >= 4 is 17.9 Å². The van der Waals surface area contributed by atoms with Crippen molar-refractivity contribution in [2.75, 3.05) is 19.6 Å². The fraction of sp³-hybridized carbons (Fsp3) is 0.769. The smallest absolute Gasteiger partial charge is 0.317 e. The first-order valence-electron chi connectivity index (χ1n) is 6.99. The normalized spacial score (nSPS) is 22.1. The highest BCUT2D eigenvalue weighted by Crippen LogP contribution is 2.29. The van der Waals surface area contributed by atoms with Crippen molar-refractivity contribution in [3.05, 3.63) is 0 Å². The van der Waals surface area contributed by atoms with E-state index in [1.807, 2.05) is 0 Å². The third-order valence-corrected chi connectivity index (χ3v) is 3.76. The molecule has 0 spiro atoms. The molecule has 1 fully saturated rings. The van der Waals surface area contributed by atoms with Gasteiger partial charge in [-0.25, -0.2) is 4.79 Å². The van der Waals surface area contributed by atoms with Crippen LogP contribution in [0.25, 0.3) is 0 Å². The van der Waals surface area contributed by atoms with Crippen LogP contribution in [0.3, 0.4) is 0 Å². The minimum absolute atomic E-state index is 0.0440. The van der Waals surface area contributed by atoms with Gasteiger partial charge in [0.2, 0.25) is 5.91 Å². The largest absolute Gasteiger partial charge is 0.481 e. The predicted octanol–water partition coefficient (Wildman–Crippen LogP) is 0.394. The molecule has 4 N–H and O–H groups in total. The molecular formula is C13H23N3O4. The highest BCUT2D eigenvalue weighted by atomic mass is 16.4. The van der Waals surface area contributed by atoms with Crippen LogP contribution >= 0.6 is 0 Å². The van der Waals surface area contributed by atoms with E-state index in [1.165, 1.54) is 4.90 Å². The number of carboxylic acid groups (broad SMARTS) is 1. The number of rotatable bonds is 6. The Morgan fingerprint density at radius 1 is 1.30 bits per heavy atom. The van der Waals surface area contributed by atoms with Gasteiger partial charge in [0, 0.05) is 13.1 Å². The first kappa shape index (κ1) is 16.3. The van der Waals surface area contributed by atoms with E-state index in [-0.39, 0.29) is 18.5 Å². The number of primary amides is 1. The Morgan fingerprint density at radius 3 is 2.50 bits per heavy atom. The Balaban J connectivity index is 2.49. The lowest BCUT2D eigenvalue weighted by molar-refractivity contribution is -0.144. The molecule has 3 amide bonds. The van der Waals surface area contributed by atoms with Gasteiger partial charge in [0.15, 0.2) is 0 Å². The number of carbonyl (C=O) groups excluding carboxylic acids is 2. The Hall–Kier alpha value is -1.79. The molecule has 114 valence electrons. The number of hydrogen-bond acceptors (Lipinski definition) is 3. The maximum absolute atomic E-state index is 11.9. The fourth-order valence-corrected chi connectivity index (χ4v) is 2.62. The molecule has 0 aromatic heterocycles. The fourth-order valence-electron chi connectivity index (χ4n) is 2.62. The highest BCUT2D eigenvalue weighted by Gasteiger charge is 2.31. The molecule has 20 heavy (non-hydrogen) atoms. The summed E-state index contributed by atoms with van der Waals surface area (Å²) in [5.41, 5.74) is 5.07. The summed E-state index contributed by atoms with van der Waals surface area (Å²) >= 11 is 0. The number of amides is 3. The zero-order valence-corrected chi connectivity index (χ0v) is 11.8. The van der Waals surface area contributed by atoms with E-state index in [9.17, 15) is 14.4 Å². The average Bonchev–Trinajstić information content (AvgIpc) is 2.42. The van der Waals surface area contributed by atoms with Crippen molar-refractivity contribution in [2.45, 2.75) is 32.6 Å². The van der Waals surface area contributed by atoms with Crippen LogP contribution in [0.1, 0.15) is 32.6 Å². The molecule has 0 saturated heterocycles. The van der Waals surface area contributed by atoms with Crippen LogP contribution in [0.15, 0.2) is 0 Å². The molecule has 2 atom stereocenters. The number of nitrogens with two attached hydrogens (primary N) is 1. The Morgan fingerprint density at radius 2 is 1.95 bits per heavy atom. The number of urea groups is 1. The molecule has 0 radical (unpaired) electrons. The average molecular weight is 285 g/mol. The second kappa shape index (κ2) is 7.72. The lowest BCUT2D eigenvalue weighted by Gasteiger charge is -2.29. The summed E-state index contributed by atoms with van der Waals surface area (Å²) in [4.78, 5) is 35.2. The van der Waals surface area contributed by atoms with Crippen LogP contribution < -0.4 is 11.1 Å². The molecule has 1 rings (SSSR count). The third kappa shape index (κ3) is 4.71. The zero-order chi connectivity index (χ0) is 15.1. The minimum atomic E-state index is -0.798. The van der Waals surface area contributed by atoms with Crippen molar-refractivity contribution < 1.29 is 19.5 Å². The van der Waals surface area contributed by atoms with Crippen molar-refractivity contribution in [3.63, 3.8) is 0 Å². The summed E-state index contributed by atoms with van der Waals surface area (Å²) in [6.07, 6.45) is 3.38. The number of nitrogens with zero attached hydrogens (tertiary/aromatic N) is 1. The summed E-state index contributed by atoms with van der Waals surface area (Å²) in [6.45, 7) is 2.32. The van der Waals surface area contributed by atoms with Gasteiger partial charge in [-0.05, 0) is 25.7 Å². The summed E-state index contributed by atoms with van der Waals surface area (Å²) < 4.78 is 0. The van der Waals surface area contributed by atoms with E-state index in [0.29, 0.717) is 19.5 Å². The predicted molar refractivity (Wildman–Crippen MR) is 72.9 cm³/mol. The van der Waals surface area contributed by atoms with Crippen LogP contribution in [-0.4, -0.2) is 47.5 Å². The molecule has 0 bridgehead atoms. The Kier molecular flexibility index (Phi) is 6.27. The molecule has 0 heterocycles. The lowest BCUT2D eigenvalue weighted by Crippen LogP contribution is -2.46. The number of likely N-dealkylation sites (N-methyl/N-ethyl adjacent to an activating group) is 1. The van der Waals surface area contributed by atoms with E-state index in [2.05, 4.69) is 5.32 Å². The lowest BCUT2D eigenvalue weighted by atomic mass is 9.79. The van der Waals surface area contributed by atoms with Gasteiger partial charge in [-0.1, -0.05) is 12.8 Å². The highest BCUT2D eigenvalue weighted by molar-refractivity contribution is 5.82. The molecule has 7 heteroatoms. The Bertz CT molecular complexity index is 373. The summed E-state index contributed by atoms with van der Waals surface area (Å²) in [7, 11) is 0. The summed E-state index contributed by atoms with van der Waals surface area (Å²) in [5, 5.41) is 11.9. The number of hydrogen-bond donors (Lipinski definition) is 3. The van der Waals surface area contributed by atoms with E-state index in [0.717, 1.165) is 19.3 Å². The molecule has 2 unspecified atom stereocenters. The first-order valence-corrected chi connectivity index (χ1v) is 6.99. The van der Waals surface area contributed by atoms with E-state index >= 15 is 0 Å². The molecule has 0 aliphatic heterocycles. The van der Waals surface area contributed by atoms with Gasteiger partial charge in [-0.15, -0.1) is 0 Å². The first-order chi connectivity index (χ1) is 9.45. The van der Waals surface area contributed by atoms with Crippen LogP contribution in [0, 0.1) is 11.8 Å². The van der Waals surface area contributed by atoms with Crippen molar-refractivity contribution in [3.8, 4) is 0 Å². The maximum atomic E-state index is 11.9. The van der Waals surface area contributed by atoms with Crippen LogP contribution in [0.2, 0.25) is 0 Å². The monoisotopic (exact) mass is 285 g/mol. The second-order valence-corrected chi connectivity index (χ2v) is 5.16. The van der Waals surface area contributed by atoms with Gasteiger partial charge in [0.25, 0.3) is 0 Å². The molecule has 1 saturated carbocycles. The van der Waals surface area contributed by atoms with Gasteiger partial charge >= 0.3 is 12.0 Å². The van der Waals surface area contributed by atoms with Crippen molar-refractivity contribution in [1.82, 2.24) is 10.2 Å². The SMILES string of the molecule is CCN(CC(N)=O)C(=O)NCC1CCCCC1C(=O)O. The molecule has 0 aromatic rings. The molecule has 1 aliphatic carbocycles. The maximum Gasteiger partial charge on any atom is 0.317 e. The van der Waals surface area contributed by atoms with Crippen molar-refractivity contribution in [2.24, 2.45) is 17.6 Å². The molecule has 7 nitrogen and oxygen atoms in total. The number of carboxylic acids is 1. The van der Waals surface area contributed by atoms with E-state index < -0.39 is 17.8 Å². The summed E-state index contributed by atoms with van der Waals surface area (Å²) in [6, 6.07) is -0.374. The Labute approximate surface area is 118 Å². The van der Waals surface area contributed by atoms with Crippen LogP contribution in [0.4, 0.5) is 4.79 Å². The molecule has 1 aliphatic rings. The molecular weight excluding hydrogens is 262 g/mol. The molecule has 0 aromatic carbocycles. The van der Waals surface area contributed by atoms with Gasteiger partial charge < -0.3 is 21.1 Å². The number of nitrogens with one attached hydrogen (secondary N) is 1. The van der Waals surface area contributed by atoms with E-state index in [4.69, 9.17) is 10.8 Å². The summed E-state index contributed by atoms with van der Waals surface area (Å²) in [5.74, 6) is -1.80. The van der Waals surface area contributed by atoms with Crippen molar-refractivity contribution in [1.29, 1.82) is 0 Å². The number of carbonyl (C=O) groups is 3. The number of aliphatic carboxylic acids is 1. The van der Waals surface area contributed by atoms with Crippen LogP contribution in [-0.2, 0) is 9.59 Å². The van der Waals surface area contributed by atoms with Gasteiger partial charge in [0.05, 0.1) is 5.92 Å². The van der Waals surface area contributed by atoms with Gasteiger partial charge in [0.1, 0.15) is 6.54 Å². The third-order valence-electron chi connectivity index (χ3n) is 3.76. The quantitative estimate of drug-likeness (QED) is 0.655. The standard InChI is InChI=1S/C13H23N3O4/c1-2-16(8-11(14)17)13(20)15-7-9-5-3-4-6-10(9)12(18)19/h9-10H,2-8H2,1H3,(H2,14,17)(H,15,20)(H,18,19). The van der Waals surface area contributed by atoms with Gasteiger partial charge in [-0.2, -0.15) is 0 Å². The second-order valence-electron chi connectivity index (χ2n) is 5.16. The van der Waals surface area contributed by atoms with E-state index in [1.54, 1.807) is 6.92 Å².